The van der Waals surface area contributed by atoms with Crippen molar-refractivity contribution in [2.75, 3.05) is 0 Å². The van der Waals surface area contributed by atoms with Crippen molar-refractivity contribution in [3.05, 3.63) is 206 Å². The van der Waals surface area contributed by atoms with Crippen molar-refractivity contribution in [2.45, 2.75) is 0 Å². The summed E-state index contributed by atoms with van der Waals surface area (Å²) in [5.74, 6) is 0. The van der Waals surface area contributed by atoms with Crippen LogP contribution in [0.2, 0.25) is 0 Å². The molecule has 0 bridgehead atoms. The second kappa shape index (κ2) is 12.8. The van der Waals surface area contributed by atoms with Crippen molar-refractivity contribution in [3.63, 3.8) is 0 Å². The van der Waals surface area contributed by atoms with E-state index in [0.717, 1.165) is 0 Å². The van der Waals surface area contributed by atoms with Gasteiger partial charge in [0.15, 0.2) is 0 Å². The molecule has 0 aliphatic carbocycles. The van der Waals surface area contributed by atoms with Crippen molar-refractivity contribution in [1.29, 1.82) is 0 Å². The Morgan fingerprint density at radius 1 is 0.180 bits per heavy atom. The van der Waals surface area contributed by atoms with Gasteiger partial charge in [0.2, 0.25) is 0 Å². The lowest BCUT2D eigenvalue weighted by Gasteiger charge is -2.22. The number of rotatable bonds is 6. The summed E-state index contributed by atoms with van der Waals surface area (Å²) in [6.07, 6.45) is 0. The van der Waals surface area contributed by atoms with Gasteiger partial charge in [0.05, 0.1) is 0 Å². The number of hydrogen-bond donors (Lipinski definition) is 0. The van der Waals surface area contributed by atoms with Gasteiger partial charge in [-0.25, -0.2) is 0 Å². The molecular weight excluding hydrogens is 601 g/mol. The van der Waals surface area contributed by atoms with Gasteiger partial charge in [0.1, 0.15) is 0 Å². The molecule has 0 fully saturated rings. The molecule has 9 rings (SSSR count). The van der Waals surface area contributed by atoms with Crippen molar-refractivity contribution in [1.82, 2.24) is 0 Å². The fourth-order valence-electron chi connectivity index (χ4n) is 7.57. The summed E-state index contributed by atoms with van der Waals surface area (Å²) in [5, 5.41) is 4.97. The Labute approximate surface area is 293 Å². The van der Waals surface area contributed by atoms with Crippen molar-refractivity contribution < 1.29 is 0 Å². The van der Waals surface area contributed by atoms with E-state index in [2.05, 4.69) is 206 Å². The highest BCUT2D eigenvalue weighted by molar-refractivity contribution is 6.23. The SMILES string of the molecule is c1ccc(-c2ccc(-c3ccccc3)c(-c3c4ccccc4c(-c4cc(-c5ccccc5)ccc4-c4ccccc4)c4ccccc34)c2)cc1. The first-order chi connectivity index (χ1) is 24.8. The Morgan fingerprint density at radius 3 is 0.780 bits per heavy atom. The van der Waals surface area contributed by atoms with E-state index < -0.39 is 0 Å². The Hall–Kier alpha value is -6.50. The Balaban J connectivity index is 1.40. The summed E-state index contributed by atoms with van der Waals surface area (Å²) < 4.78 is 0. The van der Waals surface area contributed by atoms with Crippen LogP contribution >= 0.6 is 0 Å². The van der Waals surface area contributed by atoms with Gasteiger partial charge in [-0.1, -0.05) is 194 Å². The summed E-state index contributed by atoms with van der Waals surface area (Å²) in [4.78, 5) is 0. The number of benzene rings is 9. The van der Waals surface area contributed by atoms with Gasteiger partial charge in [-0.15, -0.1) is 0 Å². The van der Waals surface area contributed by atoms with Gasteiger partial charge in [-0.05, 0) is 100 Å². The summed E-state index contributed by atoms with van der Waals surface area (Å²) >= 11 is 0. The minimum absolute atomic E-state index is 1.21. The molecule has 0 aliphatic heterocycles. The molecule has 9 aromatic rings. The van der Waals surface area contributed by atoms with Crippen molar-refractivity contribution >= 4 is 21.5 Å². The van der Waals surface area contributed by atoms with Crippen LogP contribution < -0.4 is 0 Å². The van der Waals surface area contributed by atoms with Crippen molar-refractivity contribution in [2.24, 2.45) is 0 Å². The van der Waals surface area contributed by atoms with E-state index in [1.807, 2.05) is 0 Å². The minimum atomic E-state index is 1.21. The van der Waals surface area contributed by atoms with Gasteiger partial charge in [-0.3, -0.25) is 0 Å². The molecule has 0 radical (unpaired) electrons. The molecule has 0 nitrogen and oxygen atoms in total. The third-order valence-electron chi connectivity index (χ3n) is 9.89. The monoisotopic (exact) mass is 634 g/mol. The topological polar surface area (TPSA) is 0 Å². The average Bonchev–Trinajstić information content (AvgIpc) is 3.21. The van der Waals surface area contributed by atoms with Gasteiger partial charge in [0.25, 0.3) is 0 Å². The van der Waals surface area contributed by atoms with Gasteiger partial charge in [-0.2, -0.15) is 0 Å². The lowest BCUT2D eigenvalue weighted by Crippen LogP contribution is -1.95. The molecule has 0 atom stereocenters. The zero-order chi connectivity index (χ0) is 33.3. The van der Waals surface area contributed by atoms with E-state index >= 15 is 0 Å². The molecule has 0 aromatic heterocycles. The molecule has 0 saturated heterocycles. The molecule has 0 amide bonds. The lowest BCUT2D eigenvalue weighted by atomic mass is 9.81. The van der Waals surface area contributed by atoms with E-state index in [-0.39, 0.29) is 0 Å². The van der Waals surface area contributed by atoms with E-state index in [9.17, 15) is 0 Å². The van der Waals surface area contributed by atoms with Crippen LogP contribution in [0.4, 0.5) is 0 Å². The van der Waals surface area contributed by atoms with Crippen LogP contribution in [-0.4, -0.2) is 0 Å². The fourth-order valence-corrected chi connectivity index (χ4v) is 7.57. The van der Waals surface area contributed by atoms with Crippen LogP contribution in [0.3, 0.4) is 0 Å². The summed E-state index contributed by atoms with van der Waals surface area (Å²) in [7, 11) is 0. The summed E-state index contributed by atoms with van der Waals surface area (Å²) in [6.45, 7) is 0. The smallest absolute Gasteiger partial charge is 0.00199 e. The molecule has 0 unspecified atom stereocenters. The molecule has 0 N–H and O–H groups in total. The highest BCUT2D eigenvalue weighted by Gasteiger charge is 2.21. The molecule has 0 heterocycles. The van der Waals surface area contributed by atoms with Crippen LogP contribution in [0.25, 0.3) is 88.3 Å². The highest BCUT2D eigenvalue weighted by atomic mass is 14.2. The Morgan fingerprint density at radius 2 is 0.460 bits per heavy atom. The zero-order valence-corrected chi connectivity index (χ0v) is 27.6. The van der Waals surface area contributed by atoms with E-state index in [1.54, 1.807) is 0 Å². The van der Waals surface area contributed by atoms with Crippen LogP contribution in [0.5, 0.6) is 0 Å². The average molecular weight is 635 g/mol. The fraction of sp³-hybridized carbons (Fsp3) is 0. The van der Waals surface area contributed by atoms with Crippen LogP contribution in [0, 0.1) is 0 Å². The van der Waals surface area contributed by atoms with Crippen LogP contribution in [-0.2, 0) is 0 Å². The van der Waals surface area contributed by atoms with Crippen LogP contribution in [0.15, 0.2) is 206 Å². The first-order valence-electron chi connectivity index (χ1n) is 17.3. The highest BCUT2D eigenvalue weighted by Crippen LogP contribution is 2.49. The minimum Gasteiger partial charge on any atom is -0.0622 e. The third kappa shape index (κ3) is 5.28. The normalized spacial score (nSPS) is 11.2. The van der Waals surface area contributed by atoms with E-state index in [0.29, 0.717) is 0 Å². The second-order valence-electron chi connectivity index (χ2n) is 12.8. The molecule has 0 saturated carbocycles. The van der Waals surface area contributed by atoms with E-state index in [4.69, 9.17) is 0 Å². The van der Waals surface area contributed by atoms with E-state index in [1.165, 1.54) is 88.3 Å². The maximum absolute atomic E-state index is 2.40. The number of fused-ring (bicyclic) bond motifs is 2. The lowest BCUT2D eigenvalue weighted by molar-refractivity contribution is 1.57. The third-order valence-corrected chi connectivity index (χ3v) is 9.89. The second-order valence-corrected chi connectivity index (χ2v) is 12.8. The maximum atomic E-state index is 2.40. The molecule has 9 aromatic carbocycles. The van der Waals surface area contributed by atoms with Crippen LogP contribution in [0.1, 0.15) is 0 Å². The quantitative estimate of drug-likeness (QED) is 0.160. The van der Waals surface area contributed by atoms with Gasteiger partial charge < -0.3 is 0 Å². The Kier molecular flexibility index (Phi) is 7.61. The molecule has 234 valence electrons. The predicted molar refractivity (Wildman–Crippen MR) is 214 cm³/mol. The molecular formula is C50H34. The summed E-state index contributed by atoms with van der Waals surface area (Å²) in [6, 6.07) is 75.0. The first-order valence-corrected chi connectivity index (χ1v) is 17.3. The van der Waals surface area contributed by atoms with Gasteiger partial charge in [0, 0.05) is 0 Å². The Bertz CT molecular complexity index is 2360. The maximum Gasteiger partial charge on any atom is -0.00199 e. The number of hydrogen-bond acceptors (Lipinski definition) is 0. The molecule has 0 heteroatoms. The zero-order valence-electron chi connectivity index (χ0n) is 27.6. The molecule has 0 spiro atoms. The largest absolute Gasteiger partial charge is 0.0622 e. The van der Waals surface area contributed by atoms with Crippen molar-refractivity contribution in [3.8, 4) is 66.8 Å². The van der Waals surface area contributed by atoms with Gasteiger partial charge >= 0.3 is 0 Å². The standard InChI is InChI=1S/C50H34/c1-5-17-35(18-6-1)39-29-31-41(37-21-9-3-10-22-37)47(33-39)49-43-25-13-15-27-45(43)50(46-28-16-14-26-44(46)49)48-34-40(36-19-7-2-8-20-36)30-32-42(48)38-23-11-4-12-24-38/h1-34H. The molecule has 50 heavy (non-hydrogen) atoms. The molecule has 0 aliphatic rings. The summed E-state index contributed by atoms with van der Waals surface area (Å²) in [5.41, 5.74) is 14.7. The predicted octanol–water partition coefficient (Wildman–Crippen LogP) is 14.0. The first kappa shape index (κ1) is 29.6.